The number of benzene rings is 4. The van der Waals surface area contributed by atoms with Gasteiger partial charge in [-0.05, 0) is 42.2 Å². The summed E-state index contributed by atoms with van der Waals surface area (Å²) in [6.45, 7) is 10.1. The van der Waals surface area contributed by atoms with Crippen molar-refractivity contribution in [1.29, 1.82) is 0 Å². The van der Waals surface area contributed by atoms with E-state index in [0.717, 1.165) is 17.7 Å². The lowest BCUT2D eigenvalue weighted by molar-refractivity contribution is -0.645. The van der Waals surface area contributed by atoms with Crippen LogP contribution in [-0.4, -0.2) is 4.57 Å². The average molecular weight is 458 g/mol. The molecule has 172 valence electrons. The average Bonchev–Trinajstić information content (AvgIpc) is 3.51. The molecule has 0 atom stereocenters. The van der Waals surface area contributed by atoms with Crippen LogP contribution in [0.1, 0.15) is 56.2 Å². The molecule has 0 spiro atoms. The van der Waals surface area contributed by atoms with Gasteiger partial charge in [0.25, 0.3) is 5.82 Å². The van der Waals surface area contributed by atoms with Crippen LogP contribution in [0, 0.1) is 0 Å². The van der Waals surface area contributed by atoms with Gasteiger partial charge in [-0.3, -0.25) is 0 Å². The Kier molecular flexibility index (Phi) is 4.29. The number of hydrogen-bond donors (Lipinski definition) is 0. The molecule has 4 aromatic carbocycles. The Morgan fingerprint density at radius 2 is 1.54 bits per heavy atom. The molecule has 1 aliphatic rings. The van der Waals surface area contributed by atoms with Crippen LogP contribution in [0.2, 0.25) is 0 Å². The van der Waals surface area contributed by atoms with Crippen molar-refractivity contribution < 1.29 is 8.98 Å². The first-order valence-electron chi connectivity index (χ1n) is 12.6. The van der Waals surface area contributed by atoms with Crippen LogP contribution in [0.4, 0.5) is 0 Å². The van der Waals surface area contributed by atoms with Crippen LogP contribution in [0.3, 0.4) is 0 Å². The van der Waals surface area contributed by atoms with Crippen molar-refractivity contribution >= 4 is 33.0 Å². The zero-order valence-corrected chi connectivity index (χ0v) is 20.7. The van der Waals surface area contributed by atoms with Gasteiger partial charge < -0.3 is 4.42 Å². The van der Waals surface area contributed by atoms with Gasteiger partial charge in [-0.2, -0.15) is 4.57 Å². The minimum absolute atomic E-state index is 0.297. The Hall–Kier alpha value is -3.85. The first-order chi connectivity index (χ1) is 17.0. The Balaban J connectivity index is 1.71. The summed E-state index contributed by atoms with van der Waals surface area (Å²) < 4.78 is 11.6. The Bertz CT molecular complexity index is 1780. The molecule has 0 bridgehead atoms. The number of rotatable bonds is 3. The molecule has 2 aromatic heterocycles. The standard InChI is InChI=1S/C32H29N2O/c1-19(2)24-17-25-23-13-7-10-16-28(23)35-31(25)29(20(3)4)30(24)34-27-15-9-8-14-26(27)33-18-21-11-5-6-12-22(21)32(33)34/h5-17,19-20H,18H2,1-4H3/q+1. The number of hydrogen-bond acceptors (Lipinski definition) is 1. The molecule has 0 amide bonds. The van der Waals surface area contributed by atoms with Crippen LogP contribution >= 0.6 is 0 Å². The summed E-state index contributed by atoms with van der Waals surface area (Å²) in [6.07, 6.45) is 0. The molecule has 0 unspecified atom stereocenters. The first-order valence-corrected chi connectivity index (χ1v) is 12.6. The maximum Gasteiger partial charge on any atom is 0.295 e. The molecule has 3 heterocycles. The Morgan fingerprint density at radius 3 is 2.37 bits per heavy atom. The smallest absolute Gasteiger partial charge is 0.295 e. The molecular formula is C32H29N2O+. The molecule has 0 saturated carbocycles. The minimum Gasteiger partial charge on any atom is -0.456 e. The maximum atomic E-state index is 6.60. The third-order valence-corrected chi connectivity index (χ3v) is 7.60. The van der Waals surface area contributed by atoms with Crippen molar-refractivity contribution in [3.63, 3.8) is 0 Å². The second kappa shape index (κ2) is 7.32. The monoisotopic (exact) mass is 457 g/mol. The SMILES string of the molecule is CC(C)c1cc2c(oc3ccccc32)c(C(C)C)c1-n1c2[n+](c3ccccc31)Cc1ccccc1-2. The van der Waals surface area contributed by atoms with Gasteiger partial charge in [-0.15, -0.1) is 0 Å². The van der Waals surface area contributed by atoms with E-state index in [1.165, 1.54) is 55.6 Å². The molecule has 1 aliphatic heterocycles. The zero-order valence-electron chi connectivity index (χ0n) is 20.7. The number of imidazole rings is 1. The third kappa shape index (κ3) is 2.75. The van der Waals surface area contributed by atoms with Crippen molar-refractivity contribution in [2.75, 3.05) is 0 Å². The van der Waals surface area contributed by atoms with Gasteiger partial charge in [0.05, 0.1) is 5.56 Å². The fraction of sp³-hybridized carbons (Fsp3) is 0.219. The predicted molar refractivity (Wildman–Crippen MR) is 143 cm³/mol. The van der Waals surface area contributed by atoms with Crippen molar-refractivity contribution in [3.05, 3.63) is 95.6 Å². The van der Waals surface area contributed by atoms with Gasteiger partial charge >= 0.3 is 0 Å². The highest BCUT2D eigenvalue weighted by Crippen LogP contribution is 2.44. The van der Waals surface area contributed by atoms with E-state index in [2.05, 4.69) is 116 Å². The van der Waals surface area contributed by atoms with E-state index in [0.29, 0.717) is 11.8 Å². The topological polar surface area (TPSA) is 21.9 Å². The van der Waals surface area contributed by atoms with E-state index in [9.17, 15) is 0 Å². The molecule has 3 heteroatoms. The summed E-state index contributed by atoms with van der Waals surface area (Å²) in [6, 6.07) is 28.5. The highest BCUT2D eigenvalue weighted by atomic mass is 16.3. The second-order valence-electron chi connectivity index (χ2n) is 10.4. The lowest BCUT2D eigenvalue weighted by Crippen LogP contribution is -2.31. The summed E-state index contributed by atoms with van der Waals surface area (Å²) in [7, 11) is 0. The lowest BCUT2D eigenvalue weighted by Gasteiger charge is -2.19. The van der Waals surface area contributed by atoms with Crippen LogP contribution < -0.4 is 4.57 Å². The molecule has 6 aromatic rings. The van der Waals surface area contributed by atoms with Crippen LogP contribution in [0.25, 0.3) is 50.0 Å². The summed E-state index contributed by atoms with van der Waals surface area (Å²) in [5.41, 5.74) is 11.1. The van der Waals surface area contributed by atoms with Crippen LogP contribution in [-0.2, 0) is 6.54 Å². The Labute approximate surface area is 205 Å². The number of furan rings is 1. The molecule has 35 heavy (non-hydrogen) atoms. The fourth-order valence-corrected chi connectivity index (χ4v) is 6.05. The molecule has 7 rings (SSSR count). The molecule has 3 nitrogen and oxygen atoms in total. The van der Waals surface area contributed by atoms with Crippen molar-refractivity contribution in [3.8, 4) is 17.1 Å². The van der Waals surface area contributed by atoms with Gasteiger partial charge in [0.2, 0.25) is 0 Å². The van der Waals surface area contributed by atoms with Crippen LogP contribution in [0.5, 0.6) is 0 Å². The van der Waals surface area contributed by atoms with E-state index in [1.807, 2.05) is 0 Å². The van der Waals surface area contributed by atoms with Crippen molar-refractivity contribution in [2.45, 2.75) is 46.1 Å². The highest BCUT2D eigenvalue weighted by molar-refractivity contribution is 6.07. The quantitative estimate of drug-likeness (QED) is 0.246. The van der Waals surface area contributed by atoms with E-state index in [1.54, 1.807) is 0 Å². The maximum absolute atomic E-state index is 6.60. The van der Waals surface area contributed by atoms with Gasteiger partial charge in [0, 0.05) is 27.5 Å². The summed E-state index contributed by atoms with van der Waals surface area (Å²) in [4.78, 5) is 0. The van der Waals surface area contributed by atoms with Crippen LogP contribution in [0.15, 0.2) is 83.3 Å². The zero-order chi connectivity index (χ0) is 23.8. The number of aromatic nitrogens is 2. The lowest BCUT2D eigenvalue weighted by atomic mass is 9.89. The molecule has 0 N–H and O–H groups in total. The predicted octanol–water partition coefficient (Wildman–Crippen LogP) is 8.09. The third-order valence-electron chi connectivity index (χ3n) is 7.60. The van der Waals surface area contributed by atoms with Crippen molar-refractivity contribution in [1.82, 2.24) is 4.57 Å². The summed E-state index contributed by atoms with van der Waals surface area (Å²) in [5, 5.41) is 2.41. The van der Waals surface area contributed by atoms with E-state index < -0.39 is 0 Å². The number of para-hydroxylation sites is 3. The molecule has 0 saturated heterocycles. The summed E-state index contributed by atoms with van der Waals surface area (Å²) in [5.74, 6) is 1.92. The second-order valence-corrected chi connectivity index (χ2v) is 10.4. The fourth-order valence-electron chi connectivity index (χ4n) is 6.05. The number of fused-ring (bicyclic) bond motifs is 8. The van der Waals surface area contributed by atoms with E-state index in [4.69, 9.17) is 4.42 Å². The van der Waals surface area contributed by atoms with Gasteiger partial charge in [-0.1, -0.05) is 76.2 Å². The van der Waals surface area contributed by atoms with Gasteiger partial charge in [0.15, 0.2) is 11.0 Å². The summed E-state index contributed by atoms with van der Waals surface area (Å²) >= 11 is 0. The van der Waals surface area contributed by atoms with Gasteiger partial charge in [0.1, 0.15) is 23.4 Å². The normalized spacial score (nSPS) is 13.0. The first kappa shape index (κ1) is 20.5. The van der Waals surface area contributed by atoms with Crippen molar-refractivity contribution in [2.24, 2.45) is 0 Å². The molecule has 0 fully saturated rings. The minimum atomic E-state index is 0.297. The highest BCUT2D eigenvalue weighted by Gasteiger charge is 2.37. The van der Waals surface area contributed by atoms with Gasteiger partial charge in [-0.25, -0.2) is 4.57 Å². The molecular weight excluding hydrogens is 428 g/mol. The Morgan fingerprint density at radius 1 is 0.800 bits per heavy atom. The van der Waals surface area contributed by atoms with E-state index in [-0.39, 0.29) is 0 Å². The number of nitrogens with zero attached hydrogens (tertiary/aromatic N) is 2. The molecule has 0 radical (unpaired) electrons. The van der Waals surface area contributed by atoms with E-state index >= 15 is 0 Å². The largest absolute Gasteiger partial charge is 0.456 e. The molecule has 0 aliphatic carbocycles.